The average molecular weight is 578 g/mol. The highest BCUT2D eigenvalue weighted by atomic mass is 35.5. The number of ether oxygens (including phenoxy) is 1. The molecule has 0 unspecified atom stereocenters. The summed E-state index contributed by atoms with van der Waals surface area (Å²) in [5.74, 6) is -2.29. The second-order valence-electron chi connectivity index (χ2n) is 9.46. The van der Waals surface area contributed by atoms with Crippen LogP contribution in [-0.2, 0) is 32.3 Å². The van der Waals surface area contributed by atoms with E-state index < -0.39 is 33.0 Å². The standard InChI is InChI=1S/C29H30ClF2NO5S/c1-5-33(21-10-13-24(30)25(31)18-21)28(35)29(3,4)38-27-14-9-20(17-26(27)32)16-22(34)15-19-7-11-23(12-8-19)39(36,37)6-2/h7-14,17-18H,5-6,15-16H2,1-4H3. The largest absolute Gasteiger partial charge is 0.475 e. The summed E-state index contributed by atoms with van der Waals surface area (Å²) in [7, 11) is -3.33. The maximum absolute atomic E-state index is 14.9. The minimum absolute atomic E-state index is 0.0128. The van der Waals surface area contributed by atoms with E-state index in [4.69, 9.17) is 16.3 Å². The maximum Gasteiger partial charge on any atom is 0.270 e. The van der Waals surface area contributed by atoms with Crippen molar-refractivity contribution in [2.45, 2.75) is 51.0 Å². The Morgan fingerprint density at radius 2 is 1.51 bits per heavy atom. The number of Topliss-reactive ketones (excluding diaryl/α,β-unsaturated/α-hetero) is 1. The molecule has 0 radical (unpaired) electrons. The Balaban J connectivity index is 1.68. The zero-order valence-electron chi connectivity index (χ0n) is 22.1. The number of carbonyl (C=O) groups excluding carboxylic acids is 2. The van der Waals surface area contributed by atoms with Gasteiger partial charge in [0, 0.05) is 25.1 Å². The van der Waals surface area contributed by atoms with Crippen LogP contribution in [0.5, 0.6) is 5.75 Å². The molecule has 3 aromatic rings. The number of benzene rings is 3. The molecule has 0 aliphatic carbocycles. The molecule has 3 aromatic carbocycles. The molecule has 0 aromatic heterocycles. The van der Waals surface area contributed by atoms with Gasteiger partial charge in [-0.2, -0.15) is 0 Å². The van der Waals surface area contributed by atoms with E-state index in [1.54, 1.807) is 32.0 Å². The van der Waals surface area contributed by atoms with Gasteiger partial charge in [-0.05, 0) is 74.4 Å². The number of hydrogen-bond acceptors (Lipinski definition) is 5. The van der Waals surface area contributed by atoms with Crippen LogP contribution in [0.25, 0.3) is 0 Å². The van der Waals surface area contributed by atoms with Gasteiger partial charge in [-0.25, -0.2) is 17.2 Å². The number of ketones is 1. The average Bonchev–Trinajstić information content (AvgIpc) is 2.88. The molecular formula is C29H30ClF2NO5S. The van der Waals surface area contributed by atoms with Crippen LogP contribution in [0.3, 0.4) is 0 Å². The summed E-state index contributed by atoms with van der Waals surface area (Å²) < 4.78 is 58.5. The molecule has 208 valence electrons. The highest BCUT2D eigenvalue weighted by Gasteiger charge is 2.35. The first-order chi connectivity index (χ1) is 18.3. The highest BCUT2D eigenvalue weighted by molar-refractivity contribution is 7.91. The van der Waals surface area contributed by atoms with Gasteiger partial charge in [0.1, 0.15) is 11.6 Å². The molecule has 0 aliphatic rings. The fourth-order valence-electron chi connectivity index (χ4n) is 3.98. The predicted octanol–water partition coefficient (Wildman–Crippen LogP) is 5.98. The number of sulfone groups is 1. The topological polar surface area (TPSA) is 80.8 Å². The Kier molecular flexibility index (Phi) is 9.51. The van der Waals surface area contributed by atoms with Gasteiger partial charge in [0.25, 0.3) is 5.91 Å². The summed E-state index contributed by atoms with van der Waals surface area (Å²) in [6, 6.07) is 14.2. The van der Waals surface area contributed by atoms with Crippen LogP contribution in [0.2, 0.25) is 5.02 Å². The molecule has 1 amide bonds. The van der Waals surface area contributed by atoms with Crippen molar-refractivity contribution < 1.29 is 31.5 Å². The number of hydrogen-bond donors (Lipinski definition) is 0. The third kappa shape index (κ3) is 7.42. The number of rotatable bonds is 11. The van der Waals surface area contributed by atoms with Crippen LogP contribution < -0.4 is 9.64 Å². The van der Waals surface area contributed by atoms with E-state index in [1.165, 1.54) is 55.1 Å². The van der Waals surface area contributed by atoms with E-state index in [2.05, 4.69) is 0 Å². The number of amides is 1. The highest BCUT2D eigenvalue weighted by Crippen LogP contribution is 2.28. The molecule has 0 spiro atoms. The normalized spacial score (nSPS) is 11.8. The minimum Gasteiger partial charge on any atom is -0.475 e. The molecule has 0 aliphatic heterocycles. The molecule has 0 N–H and O–H groups in total. The van der Waals surface area contributed by atoms with E-state index in [0.717, 1.165) is 6.07 Å². The predicted molar refractivity (Wildman–Crippen MR) is 147 cm³/mol. The van der Waals surface area contributed by atoms with E-state index in [1.807, 2.05) is 0 Å². The summed E-state index contributed by atoms with van der Waals surface area (Å²) in [6.45, 7) is 6.46. The van der Waals surface area contributed by atoms with Crippen LogP contribution in [0, 0.1) is 11.6 Å². The number of likely N-dealkylation sites (N-methyl/N-ethyl adjacent to an activating group) is 1. The summed E-state index contributed by atoms with van der Waals surface area (Å²) in [4.78, 5) is 27.3. The second-order valence-corrected chi connectivity index (χ2v) is 12.2. The van der Waals surface area contributed by atoms with Gasteiger partial charge in [0.05, 0.1) is 15.7 Å². The molecule has 0 atom stereocenters. The Labute approximate surface area is 232 Å². The van der Waals surface area contributed by atoms with Crippen molar-refractivity contribution >= 4 is 38.8 Å². The molecule has 0 bridgehead atoms. The lowest BCUT2D eigenvalue weighted by atomic mass is 10.0. The maximum atomic E-state index is 14.9. The zero-order chi connectivity index (χ0) is 29.0. The Hall–Kier alpha value is -3.30. The van der Waals surface area contributed by atoms with Gasteiger partial charge >= 0.3 is 0 Å². The lowest BCUT2D eigenvalue weighted by Crippen LogP contribution is -2.49. The lowest BCUT2D eigenvalue weighted by molar-refractivity contribution is -0.131. The van der Waals surface area contributed by atoms with Crippen LogP contribution >= 0.6 is 11.6 Å². The van der Waals surface area contributed by atoms with E-state index >= 15 is 0 Å². The molecule has 6 nitrogen and oxygen atoms in total. The molecule has 39 heavy (non-hydrogen) atoms. The first-order valence-corrected chi connectivity index (χ1v) is 14.4. The van der Waals surface area contributed by atoms with Gasteiger partial charge in [0.2, 0.25) is 0 Å². The van der Waals surface area contributed by atoms with E-state index in [-0.39, 0.29) is 52.3 Å². The fourth-order valence-corrected chi connectivity index (χ4v) is 4.98. The van der Waals surface area contributed by atoms with Crippen molar-refractivity contribution in [3.63, 3.8) is 0 Å². The molecule has 0 heterocycles. The number of nitrogens with zero attached hydrogens (tertiary/aromatic N) is 1. The SMILES string of the molecule is CCN(C(=O)C(C)(C)Oc1ccc(CC(=O)Cc2ccc(S(=O)(=O)CC)cc2)cc1F)c1ccc(Cl)c(F)c1. The van der Waals surface area contributed by atoms with Crippen molar-refractivity contribution in [1.29, 1.82) is 0 Å². The van der Waals surface area contributed by atoms with Crippen molar-refractivity contribution in [3.05, 3.63) is 88.4 Å². The third-order valence-corrected chi connectivity index (χ3v) is 8.17. The first kappa shape index (κ1) is 30.2. The van der Waals surface area contributed by atoms with Gasteiger partial charge < -0.3 is 9.64 Å². The van der Waals surface area contributed by atoms with Crippen molar-refractivity contribution in [2.75, 3.05) is 17.2 Å². The smallest absolute Gasteiger partial charge is 0.270 e. The minimum atomic E-state index is -3.33. The van der Waals surface area contributed by atoms with Gasteiger partial charge in [-0.15, -0.1) is 0 Å². The molecular weight excluding hydrogens is 548 g/mol. The zero-order valence-corrected chi connectivity index (χ0v) is 23.7. The summed E-state index contributed by atoms with van der Waals surface area (Å²) in [5.41, 5.74) is -0.137. The van der Waals surface area contributed by atoms with Gasteiger partial charge in [-0.1, -0.05) is 36.7 Å². The monoisotopic (exact) mass is 577 g/mol. The first-order valence-electron chi connectivity index (χ1n) is 12.3. The van der Waals surface area contributed by atoms with Crippen molar-refractivity contribution in [2.24, 2.45) is 0 Å². The molecule has 0 fully saturated rings. The van der Waals surface area contributed by atoms with E-state index in [9.17, 15) is 26.8 Å². The van der Waals surface area contributed by atoms with Gasteiger partial charge in [-0.3, -0.25) is 9.59 Å². The Bertz CT molecular complexity index is 1470. The molecule has 3 rings (SSSR count). The molecule has 10 heteroatoms. The second kappa shape index (κ2) is 12.3. The fraction of sp³-hybridized carbons (Fsp3) is 0.310. The van der Waals surface area contributed by atoms with Crippen LogP contribution in [0.15, 0.2) is 65.6 Å². The number of halogens is 3. The van der Waals surface area contributed by atoms with Crippen LogP contribution in [-0.4, -0.2) is 38.0 Å². The van der Waals surface area contributed by atoms with Gasteiger partial charge in [0.15, 0.2) is 27.0 Å². The molecule has 0 saturated carbocycles. The lowest BCUT2D eigenvalue weighted by Gasteiger charge is -2.32. The summed E-state index contributed by atoms with van der Waals surface area (Å²) in [6.07, 6.45) is 0.0201. The quantitative estimate of drug-likeness (QED) is 0.280. The van der Waals surface area contributed by atoms with Crippen molar-refractivity contribution in [3.8, 4) is 5.75 Å². The number of anilines is 1. The third-order valence-electron chi connectivity index (χ3n) is 6.12. The van der Waals surface area contributed by atoms with Crippen LogP contribution in [0.4, 0.5) is 14.5 Å². The summed E-state index contributed by atoms with van der Waals surface area (Å²) >= 11 is 5.75. The Morgan fingerprint density at radius 3 is 2.08 bits per heavy atom. The summed E-state index contributed by atoms with van der Waals surface area (Å²) in [5, 5.41) is -0.0706. The van der Waals surface area contributed by atoms with Crippen molar-refractivity contribution in [1.82, 2.24) is 0 Å². The number of carbonyl (C=O) groups is 2. The molecule has 0 saturated heterocycles. The van der Waals surface area contributed by atoms with Crippen LogP contribution in [0.1, 0.15) is 38.8 Å². The van der Waals surface area contributed by atoms with E-state index in [0.29, 0.717) is 11.1 Å². The Morgan fingerprint density at radius 1 is 0.897 bits per heavy atom.